The Morgan fingerprint density at radius 1 is 1.36 bits per heavy atom. The van der Waals surface area contributed by atoms with Gasteiger partial charge in [0, 0.05) is 50.3 Å². The van der Waals surface area contributed by atoms with Gasteiger partial charge in [0.15, 0.2) is 5.96 Å². The minimum absolute atomic E-state index is 0. The summed E-state index contributed by atoms with van der Waals surface area (Å²) >= 11 is 0. The molecule has 1 saturated carbocycles. The highest BCUT2D eigenvalue weighted by Gasteiger charge is 2.45. The van der Waals surface area contributed by atoms with E-state index in [-0.39, 0.29) is 53.0 Å². The standard InChI is InChI=1S/C16H30N4O3S.HI/c1-12(2)14(21)20-8-5-13(9-20)19-15(17-3)18-10-16(6-7-16)11-24(4,22)23;/h12-13H,5-11H2,1-4H3,(H2,17,18,19);1H. The molecule has 1 saturated heterocycles. The highest BCUT2D eigenvalue weighted by Crippen LogP contribution is 2.45. The van der Waals surface area contributed by atoms with Crippen molar-refractivity contribution in [1.82, 2.24) is 15.5 Å². The van der Waals surface area contributed by atoms with E-state index in [1.807, 2.05) is 18.7 Å². The number of halogens is 1. The maximum absolute atomic E-state index is 12.0. The van der Waals surface area contributed by atoms with Crippen LogP contribution in [0.5, 0.6) is 0 Å². The van der Waals surface area contributed by atoms with Crippen LogP contribution in [0.1, 0.15) is 33.1 Å². The summed E-state index contributed by atoms with van der Waals surface area (Å²) in [5, 5.41) is 6.61. The molecule has 146 valence electrons. The van der Waals surface area contributed by atoms with Crippen LogP contribution in [0.4, 0.5) is 0 Å². The molecular weight excluding hydrogens is 455 g/mol. The van der Waals surface area contributed by atoms with Gasteiger partial charge in [0.1, 0.15) is 9.84 Å². The molecular formula is C16H31IN4O3S. The number of aliphatic imine (C=N–C) groups is 1. The number of amides is 1. The second-order valence-electron chi connectivity index (χ2n) is 7.56. The predicted octanol–water partition coefficient (Wildman–Crippen LogP) is 0.851. The van der Waals surface area contributed by atoms with Crippen molar-refractivity contribution in [3.63, 3.8) is 0 Å². The van der Waals surface area contributed by atoms with Crippen LogP contribution in [0.3, 0.4) is 0 Å². The third-order valence-corrected chi connectivity index (χ3v) is 5.85. The number of guanidine groups is 1. The summed E-state index contributed by atoms with van der Waals surface area (Å²) in [4.78, 5) is 18.2. The zero-order chi connectivity index (χ0) is 18.0. The zero-order valence-electron chi connectivity index (χ0n) is 15.5. The monoisotopic (exact) mass is 486 g/mol. The van der Waals surface area contributed by atoms with Crippen LogP contribution in [0.25, 0.3) is 0 Å². The van der Waals surface area contributed by atoms with Gasteiger partial charge in [-0.1, -0.05) is 13.8 Å². The molecule has 2 rings (SSSR count). The van der Waals surface area contributed by atoms with Crippen LogP contribution < -0.4 is 10.6 Å². The van der Waals surface area contributed by atoms with Gasteiger partial charge in [0.05, 0.1) is 5.75 Å². The van der Waals surface area contributed by atoms with E-state index in [9.17, 15) is 13.2 Å². The molecule has 0 aromatic rings. The molecule has 0 bridgehead atoms. The summed E-state index contributed by atoms with van der Waals surface area (Å²) in [7, 11) is -1.26. The smallest absolute Gasteiger partial charge is 0.225 e. The van der Waals surface area contributed by atoms with E-state index in [0.717, 1.165) is 25.8 Å². The molecule has 1 unspecified atom stereocenters. The maximum Gasteiger partial charge on any atom is 0.225 e. The lowest BCUT2D eigenvalue weighted by Crippen LogP contribution is -2.47. The Morgan fingerprint density at radius 3 is 2.48 bits per heavy atom. The Labute approximate surface area is 168 Å². The van der Waals surface area contributed by atoms with Crippen molar-refractivity contribution in [2.45, 2.75) is 39.2 Å². The number of nitrogens with one attached hydrogen (secondary N) is 2. The largest absolute Gasteiger partial charge is 0.356 e. The van der Waals surface area contributed by atoms with Crippen molar-refractivity contribution in [3.05, 3.63) is 0 Å². The topological polar surface area (TPSA) is 90.9 Å². The second-order valence-corrected chi connectivity index (χ2v) is 9.70. The van der Waals surface area contributed by atoms with Crippen molar-refractivity contribution in [1.29, 1.82) is 0 Å². The van der Waals surface area contributed by atoms with Crippen LogP contribution >= 0.6 is 24.0 Å². The normalized spacial score (nSPS) is 22.5. The van der Waals surface area contributed by atoms with Gasteiger partial charge in [-0.2, -0.15) is 0 Å². The van der Waals surface area contributed by atoms with E-state index < -0.39 is 9.84 Å². The first-order valence-corrected chi connectivity index (χ1v) is 10.6. The van der Waals surface area contributed by atoms with E-state index in [2.05, 4.69) is 15.6 Å². The Balaban J connectivity index is 0.00000312. The average Bonchev–Trinajstić information content (AvgIpc) is 3.07. The molecule has 0 aromatic carbocycles. The van der Waals surface area contributed by atoms with Crippen molar-refractivity contribution < 1.29 is 13.2 Å². The summed E-state index contributed by atoms with van der Waals surface area (Å²) < 4.78 is 23.0. The SMILES string of the molecule is CN=C(NCC1(CS(C)(=O)=O)CC1)NC1CCN(C(=O)C(C)C)C1.I. The van der Waals surface area contributed by atoms with Gasteiger partial charge in [0.25, 0.3) is 0 Å². The minimum atomic E-state index is -2.97. The van der Waals surface area contributed by atoms with Crippen LogP contribution in [-0.2, 0) is 14.6 Å². The third kappa shape index (κ3) is 6.92. The van der Waals surface area contributed by atoms with E-state index in [0.29, 0.717) is 19.0 Å². The van der Waals surface area contributed by atoms with Gasteiger partial charge in [-0.05, 0) is 19.3 Å². The quantitative estimate of drug-likeness (QED) is 0.330. The summed E-state index contributed by atoms with van der Waals surface area (Å²) in [6.07, 6.45) is 4.06. The Kier molecular flexibility index (Phi) is 7.97. The summed E-state index contributed by atoms with van der Waals surface area (Å²) in [5.41, 5.74) is -0.138. The van der Waals surface area contributed by atoms with Crippen LogP contribution in [0.15, 0.2) is 4.99 Å². The molecule has 1 aliphatic heterocycles. The summed E-state index contributed by atoms with van der Waals surface area (Å²) in [5.74, 6) is 1.11. The van der Waals surface area contributed by atoms with E-state index >= 15 is 0 Å². The molecule has 1 amide bonds. The molecule has 0 spiro atoms. The number of rotatable bonds is 6. The van der Waals surface area contributed by atoms with Gasteiger partial charge in [0.2, 0.25) is 5.91 Å². The average molecular weight is 486 g/mol. The van der Waals surface area contributed by atoms with Crippen LogP contribution in [0.2, 0.25) is 0 Å². The van der Waals surface area contributed by atoms with Gasteiger partial charge in [-0.15, -0.1) is 24.0 Å². The molecule has 1 atom stereocenters. The first-order chi connectivity index (χ1) is 11.1. The second kappa shape index (κ2) is 8.88. The lowest BCUT2D eigenvalue weighted by Gasteiger charge is -2.22. The fourth-order valence-corrected chi connectivity index (χ4v) is 4.71. The fourth-order valence-electron chi connectivity index (χ4n) is 3.21. The number of likely N-dealkylation sites (tertiary alicyclic amines) is 1. The van der Waals surface area contributed by atoms with Gasteiger partial charge >= 0.3 is 0 Å². The molecule has 0 aromatic heterocycles. The van der Waals surface area contributed by atoms with E-state index in [4.69, 9.17) is 0 Å². The maximum atomic E-state index is 12.0. The lowest BCUT2D eigenvalue weighted by atomic mass is 10.1. The molecule has 2 aliphatic rings. The van der Waals surface area contributed by atoms with Gasteiger partial charge in [-0.25, -0.2) is 8.42 Å². The number of carbonyl (C=O) groups excluding carboxylic acids is 1. The molecule has 9 heteroatoms. The number of hydrogen-bond acceptors (Lipinski definition) is 4. The van der Waals surface area contributed by atoms with Crippen LogP contribution in [-0.4, -0.2) is 69.9 Å². The third-order valence-electron chi connectivity index (χ3n) is 4.71. The Hall–Kier alpha value is -0.580. The molecule has 7 nitrogen and oxygen atoms in total. The van der Waals surface area contributed by atoms with Crippen molar-refractivity contribution >= 4 is 45.7 Å². The summed E-state index contributed by atoms with van der Waals surface area (Å²) in [6.45, 7) is 5.90. The Bertz CT molecular complexity index is 603. The molecule has 1 aliphatic carbocycles. The predicted molar refractivity (Wildman–Crippen MR) is 111 cm³/mol. The highest BCUT2D eigenvalue weighted by molar-refractivity contribution is 14.0. The van der Waals surface area contributed by atoms with E-state index in [1.165, 1.54) is 6.26 Å². The zero-order valence-corrected chi connectivity index (χ0v) is 18.7. The molecule has 25 heavy (non-hydrogen) atoms. The molecule has 2 fully saturated rings. The molecule has 1 heterocycles. The van der Waals surface area contributed by atoms with Crippen molar-refractivity contribution in [2.24, 2.45) is 16.3 Å². The molecule has 2 N–H and O–H groups in total. The fraction of sp³-hybridized carbons (Fsp3) is 0.875. The van der Waals surface area contributed by atoms with Crippen molar-refractivity contribution in [3.8, 4) is 0 Å². The first kappa shape index (κ1) is 22.5. The Morgan fingerprint density at radius 2 is 2.00 bits per heavy atom. The van der Waals surface area contributed by atoms with Gasteiger partial charge in [-0.3, -0.25) is 9.79 Å². The lowest BCUT2D eigenvalue weighted by molar-refractivity contribution is -0.133. The number of sulfone groups is 1. The van der Waals surface area contributed by atoms with Crippen LogP contribution in [0, 0.1) is 11.3 Å². The number of hydrogen-bond donors (Lipinski definition) is 2. The number of nitrogens with zero attached hydrogens (tertiary/aromatic N) is 2. The van der Waals surface area contributed by atoms with Crippen molar-refractivity contribution in [2.75, 3.05) is 38.7 Å². The number of carbonyl (C=O) groups is 1. The minimum Gasteiger partial charge on any atom is -0.356 e. The van der Waals surface area contributed by atoms with Gasteiger partial charge < -0.3 is 15.5 Å². The summed E-state index contributed by atoms with van der Waals surface area (Å²) in [6, 6.07) is 0.184. The first-order valence-electron chi connectivity index (χ1n) is 8.58. The molecule has 0 radical (unpaired) electrons. The van der Waals surface area contributed by atoms with E-state index in [1.54, 1.807) is 7.05 Å². The highest BCUT2D eigenvalue weighted by atomic mass is 127.